The predicted octanol–water partition coefficient (Wildman–Crippen LogP) is -0.166. The van der Waals surface area contributed by atoms with Crippen molar-refractivity contribution in [3.63, 3.8) is 0 Å². The van der Waals surface area contributed by atoms with Gasteiger partial charge in [0.1, 0.15) is 12.1 Å². The third-order valence-electron chi connectivity index (χ3n) is 2.44. The summed E-state index contributed by atoms with van der Waals surface area (Å²) in [6, 6.07) is 4.03. The molecule has 21 heavy (non-hydrogen) atoms. The maximum Gasteiger partial charge on any atom is 0.322 e. The third-order valence-corrected chi connectivity index (χ3v) is 2.44. The molecule has 9 heteroatoms. The van der Waals surface area contributed by atoms with Crippen LogP contribution < -0.4 is 10.6 Å². The Kier molecular flexibility index (Phi) is 5.35. The van der Waals surface area contributed by atoms with Gasteiger partial charge in [-0.2, -0.15) is 0 Å². The normalized spacial score (nSPS) is 9.76. The van der Waals surface area contributed by atoms with Crippen molar-refractivity contribution in [2.75, 3.05) is 13.1 Å². The highest BCUT2D eigenvalue weighted by atomic mass is 16.6. The van der Waals surface area contributed by atoms with Crippen LogP contribution in [-0.2, 0) is 9.59 Å². The van der Waals surface area contributed by atoms with Crippen LogP contribution in [0.25, 0.3) is 0 Å². The summed E-state index contributed by atoms with van der Waals surface area (Å²) in [7, 11) is 0. The Hall–Kier alpha value is -2.97. The fourth-order valence-electron chi connectivity index (χ4n) is 1.48. The molecule has 0 unspecified atom stereocenters. The molecule has 0 atom stereocenters. The van der Waals surface area contributed by atoms with Crippen molar-refractivity contribution in [2.45, 2.75) is 6.92 Å². The molecule has 0 saturated heterocycles. The number of aryl methyl sites for hydroxylation is 1. The quantitative estimate of drug-likeness (QED) is 0.492. The molecule has 3 N–H and O–H groups in total. The molecule has 0 bridgehead atoms. The molecule has 0 fully saturated rings. The number of hydrogen-bond donors (Lipinski definition) is 3. The zero-order valence-corrected chi connectivity index (χ0v) is 11.1. The van der Waals surface area contributed by atoms with Crippen LogP contribution in [0.4, 0.5) is 5.69 Å². The highest BCUT2D eigenvalue weighted by Crippen LogP contribution is 2.19. The van der Waals surface area contributed by atoms with E-state index in [-0.39, 0.29) is 11.3 Å². The molecule has 112 valence electrons. The van der Waals surface area contributed by atoms with Gasteiger partial charge in [-0.05, 0) is 18.6 Å². The Labute approximate surface area is 119 Å². The van der Waals surface area contributed by atoms with Gasteiger partial charge in [0.2, 0.25) is 5.91 Å². The first-order chi connectivity index (χ1) is 9.81. The number of carboxylic acids is 1. The highest BCUT2D eigenvalue weighted by molar-refractivity contribution is 6.00. The monoisotopic (exact) mass is 295 g/mol. The van der Waals surface area contributed by atoms with E-state index in [4.69, 9.17) is 5.11 Å². The van der Waals surface area contributed by atoms with Gasteiger partial charge in [0, 0.05) is 6.07 Å². The van der Waals surface area contributed by atoms with Crippen molar-refractivity contribution >= 4 is 23.5 Å². The molecule has 9 nitrogen and oxygen atoms in total. The van der Waals surface area contributed by atoms with Crippen LogP contribution in [0, 0.1) is 17.0 Å². The number of nitrogens with one attached hydrogen (secondary N) is 2. The fraction of sp³-hybridized carbons (Fsp3) is 0.250. The van der Waals surface area contributed by atoms with Crippen LogP contribution >= 0.6 is 0 Å². The van der Waals surface area contributed by atoms with Crippen LogP contribution in [-0.4, -0.2) is 40.9 Å². The second-order valence-electron chi connectivity index (χ2n) is 4.13. The Morgan fingerprint density at radius 2 is 1.90 bits per heavy atom. The summed E-state index contributed by atoms with van der Waals surface area (Å²) in [6.45, 7) is 0.622. The number of nitro benzene ring substituents is 1. The molecular formula is C12H13N3O6. The van der Waals surface area contributed by atoms with Crippen molar-refractivity contribution in [1.82, 2.24) is 10.6 Å². The molecule has 1 rings (SSSR count). The first-order valence-corrected chi connectivity index (χ1v) is 5.83. The number of aliphatic carboxylic acids is 1. The second-order valence-corrected chi connectivity index (χ2v) is 4.13. The molecule has 0 aromatic heterocycles. The van der Waals surface area contributed by atoms with Gasteiger partial charge in [-0.3, -0.25) is 24.5 Å². The van der Waals surface area contributed by atoms with Gasteiger partial charge >= 0.3 is 5.97 Å². The summed E-state index contributed by atoms with van der Waals surface area (Å²) in [5.41, 5.74) is 0.121. The molecular weight excluding hydrogens is 282 g/mol. The molecule has 0 aliphatic carbocycles. The molecule has 0 aliphatic rings. The summed E-state index contributed by atoms with van der Waals surface area (Å²) in [6.07, 6.45) is 0. The Morgan fingerprint density at radius 3 is 2.48 bits per heavy atom. The zero-order valence-electron chi connectivity index (χ0n) is 11.1. The topological polar surface area (TPSA) is 139 Å². The lowest BCUT2D eigenvalue weighted by Crippen LogP contribution is -2.39. The largest absolute Gasteiger partial charge is 0.480 e. The molecule has 0 heterocycles. The number of benzene rings is 1. The van der Waals surface area contributed by atoms with Crippen molar-refractivity contribution in [1.29, 1.82) is 0 Å². The maximum atomic E-state index is 11.9. The summed E-state index contributed by atoms with van der Waals surface area (Å²) >= 11 is 0. The predicted molar refractivity (Wildman–Crippen MR) is 70.8 cm³/mol. The average Bonchev–Trinajstić information content (AvgIpc) is 2.41. The van der Waals surface area contributed by atoms with E-state index in [2.05, 4.69) is 10.6 Å². The standard InChI is InChI=1S/C12H13N3O6/c1-7-2-3-9(15(20)21)8(4-7)12(19)14-5-10(16)13-6-11(17)18/h2-4H,5-6H2,1H3,(H,13,16)(H,14,19)(H,17,18). The van der Waals surface area contributed by atoms with E-state index in [1.807, 2.05) is 0 Å². The van der Waals surface area contributed by atoms with E-state index in [9.17, 15) is 24.5 Å². The number of nitrogens with zero attached hydrogens (tertiary/aromatic N) is 1. The molecule has 0 spiro atoms. The van der Waals surface area contributed by atoms with Gasteiger partial charge in [-0.1, -0.05) is 6.07 Å². The average molecular weight is 295 g/mol. The van der Waals surface area contributed by atoms with Crippen LogP contribution in [0.5, 0.6) is 0 Å². The Bertz CT molecular complexity index is 599. The highest BCUT2D eigenvalue weighted by Gasteiger charge is 2.20. The number of hydrogen-bond acceptors (Lipinski definition) is 5. The van der Waals surface area contributed by atoms with E-state index >= 15 is 0 Å². The number of amides is 2. The molecule has 1 aromatic rings. The van der Waals surface area contributed by atoms with E-state index < -0.39 is 35.8 Å². The Morgan fingerprint density at radius 1 is 1.24 bits per heavy atom. The number of rotatable bonds is 6. The minimum absolute atomic E-state index is 0.161. The maximum absolute atomic E-state index is 11.9. The fourth-order valence-corrected chi connectivity index (χ4v) is 1.48. The first kappa shape index (κ1) is 16.1. The van der Waals surface area contributed by atoms with Crippen LogP contribution in [0.2, 0.25) is 0 Å². The molecule has 1 aromatic carbocycles. The third kappa shape index (κ3) is 4.90. The number of nitro groups is 1. The molecule has 0 radical (unpaired) electrons. The minimum Gasteiger partial charge on any atom is -0.480 e. The first-order valence-electron chi connectivity index (χ1n) is 5.83. The van der Waals surface area contributed by atoms with Crippen molar-refractivity contribution in [3.8, 4) is 0 Å². The SMILES string of the molecule is Cc1ccc([N+](=O)[O-])c(C(=O)NCC(=O)NCC(=O)O)c1. The van der Waals surface area contributed by atoms with Crippen molar-refractivity contribution in [3.05, 3.63) is 39.4 Å². The summed E-state index contributed by atoms with van der Waals surface area (Å²) in [5, 5.41) is 23.5. The Balaban J connectivity index is 2.72. The van der Waals surface area contributed by atoms with Gasteiger partial charge in [0.25, 0.3) is 11.6 Å². The summed E-state index contributed by atoms with van der Waals surface area (Å²) < 4.78 is 0. The zero-order chi connectivity index (χ0) is 16.0. The van der Waals surface area contributed by atoms with Crippen molar-refractivity contribution < 1.29 is 24.4 Å². The second kappa shape index (κ2) is 6.98. The van der Waals surface area contributed by atoms with E-state index in [0.717, 1.165) is 0 Å². The van der Waals surface area contributed by atoms with Crippen LogP contribution in [0.15, 0.2) is 18.2 Å². The van der Waals surface area contributed by atoms with E-state index in [0.29, 0.717) is 5.56 Å². The van der Waals surface area contributed by atoms with Crippen molar-refractivity contribution in [2.24, 2.45) is 0 Å². The van der Waals surface area contributed by atoms with Gasteiger partial charge in [0.15, 0.2) is 0 Å². The number of carboxylic acid groups (broad SMARTS) is 1. The number of carbonyl (C=O) groups is 3. The summed E-state index contributed by atoms with van der Waals surface area (Å²) in [4.78, 5) is 43.5. The lowest BCUT2D eigenvalue weighted by Gasteiger charge is -2.06. The smallest absolute Gasteiger partial charge is 0.322 e. The van der Waals surface area contributed by atoms with Gasteiger partial charge < -0.3 is 15.7 Å². The molecule has 2 amide bonds. The van der Waals surface area contributed by atoms with Crippen LogP contribution in [0.3, 0.4) is 0 Å². The lowest BCUT2D eigenvalue weighted by atomic mass is 10.1. The number of carbonyl (C=O) groups excluding carboxylic acids is 2. The molecule has 0 saturated carbocycles. The molecule has 0 aliphatic heterocycles. The van der Waals surface area contributed by atoms with Crippen LogP contribution in [0.1, 0.15) is 15.9 Å². The van der Waals surface area contributed by atoms with E-state index in [1.165, 1.54) is 18.2 Å². The van der Waals surface area contributed by atoms with Gasteiger partial charge in [-0.15, -0.1) is 0 Å². The van der Waals surface area contributed by atoms with Gasteiger partial charge in [-0.25, -0.2) is 0 Å². The lowest BCUT2D eigenvalue weighted by molar-refractivity contribution is -0.385. The van der Waals surface area contributed by atoms with E-state index in [1.54, 1.807) is 6.92 Å². The van der Waals surface area contributed by atoms with Gasteiger partial charge in [0.05, 0.1) is 11.5 Å². The summed E-state index contributed by atoms with van der Waals surface area (Å²) in [5.74, 6) is -2.71. The minimum atomic E-state index is -1.22.